The van der Waals surface area contributed by atoms with Gasteiger partial charge in [0, 0.05) is 7.14 Å². The second-order valence-electron chi connectivity index (χ2n) is 2.01. The molecule has 0 atom stereocenters. The van der Waals surface area contributed by atoms with Gasteiger partial charge in [-0.2, -0.15) is 10.5 Å². The molecule has 0 amide bonds. The van der Waals surface area contributed by atoms with E-state index in [9.17, 15) is 0 Å². The van der Waals surface area contributed by atoms with Crippen LogP contribution in [0.2, 0.25) is 0 Å². The number of benzene rings is 1. The summed E-state index contributed by atoms with van der Waals surface area (Å²) >= 11 is 4.10. The molecule has 58 valence electrons. The molecule has 0 aliphatic carbocycles. The normalized spacial score (nSPS) is 8.67. The van der Waals surface area contributed by atoms with E-state index in [0.717, 1.165) is 7.14 Å². The third-order valence-electron chi connectivity index (χ3n) is 1.32. The van der Waals surface area contributed by atoms with Gasteiger partial charge in [0.15, 0.2) is 0 Å². The van der Waals surface area contributed by atoms with Gasteiger partial charge in [-0.1, -0.05) is 0 Å². The summed E-state index contributed by atoms with van der Waals surface area (Å²) in [6.07, 6.45) is 0. The average molecular weight is 380 g/mol. The largest absolute Gasteiger partial charge is 0.192 e. The number of nitriles is 2. The number of nitrogens with zero attached hydrogens (tertiary/aromatic N) is 2. The summed E-state index contributed by atoms with van der Waals surface area (Å²) in [5, 5.41) is 17.4. The molecule has 0 unspecified atom stereocenters. The summed E-state index contributed by atoms with van der Waals surface area (Å²) < 4.78 is 1.63. The average Bonchev–Trinajstić information content (AvgIpc) is 2.06. The Balaban J connectivity index is 3.50. The lowest BCUT2D eigenvalue weighted by Crippen LogP contribution is -1.90. The molecule has 0 saturated carbocycles. The van der Waals surface area contributed by atoms with Crippen LogP contribution in [0.5, 0.6) is 0 Å². The zero-order valence-corrected chi connectivity index (χ0v) is 10.1. The standard InChI is InChI=1S/C8H2I2N2/c9-7-2-1-5(3-11)8(10)6(7)4-12/h1-2H. The van der Waals surface area contributed by atoms with Crippen molar-refractivity contribution in [2.45, 2.75) is 0 Å². The molecule has 0 saturated heterocycles. The van der Waals surface area contributed by atoms with E-state index >= 15 is 0 Å². The first-order valence-electron chi connectivity index (χ1n) is 2.99. The van der Waals surface area contributed by atoms with E-state index in [1.54, 1.807) is 12.1 Å². The van der Waals surface area contributed by atoms with Crippen molar-refractivity contribution in [3.63, 3.8) is 0 Å². The highest BCUT2D eigenvalue weighted by atomic mass is 127. The molecule has 1 aromatic rings. The molecule has 0 bridgehead atoms. The summed E-state index contributed by atoms with van der Waals surface area (Å²) in [7, 11) is 0. The second-order valence-corrected chi connectivity index (χ2v) is 4.25. The predicted molar refractivity (Wildman–Crippen MR) is 61.3 cm³/mol. The number of hydrogen-bond donors (Lipinski definition) is 0. The molecule has 0 aromatic heterocycles. The van der Waals surface area contributed by atoms with Crippen LogP contribution in [0.25, 0.3) is 0 Å². The van der Waals surface area contributed by atoms with Crippen molar-refractivity contribution in [2.24, 2.45) is 0 Å². The van der Waals surface area contributed by atoms with E-state index in [0.29, 0.717) is 11.1 Å². The first-order valence-corrected chi connectivity index (χ1v) is 5.14. The number of hydrogen-bond acceptors (Lipinski definition) is 2. The lowest BCUT2D eigenvalue weighted by atomic mass is 10.1. The van der Waals surface area contributed by atoms with Gasteiger partial charge < -0.3 is 0 Å². The van der Waals surface area contributed by atoms with Crippen LogP contribution in [0.1, 0.15) is 11.1 Å². The molecule has 0 fully saturated rings. The summed E-state index contributed by atoms with van der Waals surface area (Å²) in [6.45, 7) is 0. The van der Waals surface area contributed by atoms with E-state index in [4.69, 9.17) is 10.5 Å². The molecule has 12 heavy (non-hydrogen) atoms. The topological polar surface area (TPSA) is 47.6 Å². The van der Waals surface area contributed by atoms with Crippen LogP contribution >= 0.6 is 45.2 Å². The fourth-order valence-corrected chi connectivity index (χ4v) is 2.54. The maximum absolute atomic E-state index is 8.75. The molecule has 4 heteroatoms. The van der Waals surface area contributed by atoms with Crippen molar-refractivity contribution in [1.29, 1.82) is 10.5 Å². The summed E-state index contributed by atoms with van der Waals surface area (Å²) in [4.78, 5) is 0. The lowest BCUT2D eigenvalue weighted by Gasteiger charge is -1.99. The Morgan fingerprint density at radius 1 is 1.08 bits per heavy atom. The molecule has 1 aromatic carbocycles. The minimum Gasteiger partial charge on any atom is -0.192 e. The second kappa shape index (κ2) is 4.06. The Bertz CT molecular complexity index is 399. The van der Waals surface area contributed by atoms with E-state index in [1.165, 1.54) is 0 Å². The Kier molecular flexibility index (Phi) is 3.29. The molecule has 2 nitrogen and oxygen atoms in total. The SMILES string of the molecule is N#Cc1ccc(I)c(C#N)c1I. The third kappa shape index (κ3) is 1.70. The molecule has 0 radical (unpaired) electrons. The van der Waals surface area contributed by atoms with E-state index in [-0.39, 0.29) is 0 Å². The molecule has 0 aliphatic heterocycles. The van der Waals surface area contributed by atoms with Crippen LogP contribution in [0, 0.1) is 29.8 Å². The number of rotatable bonds is 0. The van der Waals surface area contributed by atoms with Crippen LogP contribution in [0.15, 0.2) is 12.1 Å². The fourth-order valence-electron chi connectivity index (χ4n) is 0.741. The van der Waals surface area contributed by atoms with Crippen LogP contribution in [0.3, 0.4) is 0 Å². The van der Waals surface area contributed by atoms with Gasteiger partial charge in [-0.25, -0.2) is 0 Å². The lowest BCUT2D eigenvalue weighted by molar-refractivity contribution is 1.40. The van der Waals surface area contributed by atoms with Crippen LogP contribution in [-0.2, 0) is 0 Å². The molecule has 0 N–H and O–H groups in total. The van der Waals surface area contributed by atoms with Crippen molar-refractivity contribution >= 4 is 45.2 Å². The van der Waals surface area contributed by atoms with Gasteiger partial charge in [0.1, 0.15) is 12.1 Å². The fraction of sp³-hybridized carbons (Fsp3) is 0. The maximum Gasteiger partial charge on any atom is 0.101 e. The third-order valence-corrected chi connectivity index (χ3v) is 3.34. The van der Waals surface area contributed by atoms with Crippen molar-refractivity contribution in [3.05, 3.63) is 30.4 Å². The monoisotopic (exact) mass is 380 g/mol. The van der Waals surface area contributed by atoms with Crippen molar-refractivity contribution in [1.82, 2.24) is 0 Å². The zero-order valence-electron chi connectivity index (χ0n) is 5.81. The molecule has 0 spiro atoms. The molecular formula is C8H2I2N2. The Labute approximate surface area is 97.5 Å². The Hall–Kier alpha value is -0.340. The molecule has 0 heterocycles. The van der Waals surface area contributed by atoms with Crippen LogP contribution < -0.4 is 0 Å². The van der Waals surface area contributed by atoms with Gasteiger partial charge in [-0.15, -0.1) is 0 Å². The first kappa shape index (κ1) is 9.75. The van der Waals surface area contributed by atoms with Crippen LogP contribution in [0.4, 0.5) is 0 Å². The molecule has 0 aliphatic rings. The van der Waals surface area contributed by atoms with Crippen molar-refractivity contribution in [3.8, 4) is 12.1 Å². The summed E-state index contributed by atoms with van der Waals surface area (Å²) in [5.41, 5.74) is 1.16. The molecular weight excluding hydrogens is 378 g/mol. The number of halogens is 2. The minimum atomic E-state index is 0.563. The van der Waals surface area contributed by atoms with Gasteiger partial charge in [-0.05, 0) is 57.3 Å². The minimum absolute atomic E-state index is 0.563. The molecule has 1 rings (SSSR count). The van der Waals surface area contributed by atoms with Crippen LogP contribution in [-0.4, -0.2) is 0 Å². The van der Waals surface area contributed by atoms with Gasteiger partial charge in [-0.3, -0.25) is 0 Å². The maximum atomic E-state index is 8.75. The Morgan fingerprint density at radius 2 is 1.75 bits per heavy atom. The highest BCUT2D eigenvalue weighted by molar-refractivity contribution is 14.1. The highest BCUT2D eigenvalue weighted by Crippen LogP contribution is 2.21. The van der Waals surface area contributed by atoms with Crippen molar-refractivity contribution < 1.29 is 0 Å². The zero-order chi connectivity index (χ0) is 9.14. The van der Waals surface area contributed by atoms with E-state index in [2.05, 4.69) is 28.7 Å². The summed E-state index contributed by atoms with van der Waals surface area (Å²) in [6, 6.07) is 7.61. The van der Waals surface area contributed by atoms with E-state index < -0.39 is 0 Å². The first-order chi connectivity index (χ1) is 5.70. The quantitative estimate of drug-likeness (QED) is 0.650. The van der Waals surface area contributed by atoms with Gasteiger partial charge in [0.25, 0.3) is 0 Å². The smallest absolute Gasteiger partial charge is 0.101 e. The Morgan fingerprint density at radius 3 is 2.25 bits per heavy atom. The van der Waals surface area contributed by atoms with Gasteiger partial charge >= 0.3 is 0 Å². The predicted octanol–water partition coefficient (Wildman–Crippen LogP) is 2.64. The van der Waals surface area contributed by atoms with Gasteiger partial charge in [0.05, 0.1) is 11.1 Å². The highest BCUT2D eigenvalue weighted by Gasteiger charge is 2.07. The van der Waals surface area contributed by atoms with Crippen molar-refractivity contribution in [2.75, 3.05) is 0 Å². The summed E-state index contributed by atoms with van der Waals surface area (Å²) in [5.74, 6) is 0. The van der Waals surface area contributed by atoms with E-state index in [1.807, 2.05) is 28.7 Å². The van der Waals surface area contributed by atoms with Gasteiger partial charge in [0.2, 0.25) is 0 Å².